The van der Waals surface area contributed by atoms with Crippen LogP contribution in [0.1, 0.15) is 0 Å². The molecule has 0 saturated heterocycles. The van der Waals surface area contributed by atoms with Crippen molar-refractivity contribution in [2.75, 3.05) is 28.3 Å². The fourth-order valence-electron chi connectivity index (χ4n) is 1.50. The Balaban J connectivity index is 3.42. The summed E-state index contributed by atoms with van der Waals surface area (Å²) in [5.41, 5.74) is -0.259. The molecule has 1 aromatic carbocycles. The van der Waals surface area contributed by atoms with E-state index in [4.69, 9.17) is 4.74 Å². The number of carbonyl (C=O) groups excluding carboxylic acids is 3. The van der Waals surface area contributed by atoms with Crippen LogP contribution in [0.25, 0.3) is 0 Å². The molecule has 1 rings (SSSR count). The molecule has 0 N–H and O–H groups in total. The quantitative estimate of drug-likeness (QED) is 0.216. The Morgan fingerprint density at radius 2 is 1.50 bits per heavy atom. The molecular formula is C15H17NO5Te. The van der Waals surface area contributed by atoms with Crippen molar-refractivity contribution in [2.24, 2.45) is 0 Å². The molecule has 0 radical (unpaired) electrons. The summed E-state index contributed by atoms with van der Waals surface area (Å²) in [6.07, 6.45) is 0. The molecule has 0 spiro atoms. The Bertz CT molecular complexity index is 595. The molecule has 118 valence electrons. The summed E-state index contributed by atoms with van der Waals surface area (Å²) in [4.78, 5) is 37.6. The van der Waals surface area contributed by atoms with E-state index in [1.165, 1.54) is 33.2 Å². The van der Waals surface area contributed by atoms with E-state index >= 15 is 0 Å². The van der Waals surface area contributed by atoms with Gasteiger partial charge in [-0.1, -0.05) is 0 Å². The molecule has 0 unspecified atom stereocenters. The Morgan fingerprint density at radius 3 is 1.95 bits per heavy atom. The van der Waals surface area contributed by atoms with Crippen molar-refractivity contribution in [3.63, 3.8) is 0 Å². The normalized spacial score (nSPS) is 11.3. The Kier molecular flexibility index (Phi) is 7.09. The first-order valence-corrected chi connectivity index (χ1v) is 8.60. The monoisotopic (exact) mass is 421 g/mol. The topological polar surface area (TPSA) is 72.9 Å². The molecule has 0 bridgehead atoms. The summed E-state index contributed by atoms with van der Waals surface area (Å²) < 4.78 is 10.4. The van der Waals surface area contributed by atoms with Crippen LogP contribution in [-0.4, -0.2) is 72.0 Å². The number of rotatable bonds is 5. The van der Waals surface area contributed by atoms with Gasteiger partial charge in [0, 0.05) is 0 Å². The van der Waals surface area contributed by atoms with Gasteiger partial charge in [-0.15, -0.1) is 0 Å². The summed E-state index contributed by atoms with van der Waals surface area (Å²) in [5.74, 6) is -2.09. The average Bonchev–Trinajstić information content (AvgIpc) is 2.53. The zero-order valence-electron chi connectivity index (χ0n) is 12.8. The maximum atomic E-state index is 12.3. The van der Waals surface area contributed by atoms with Gasteiger partial charge < -0.3 is 0 Å². The number of methoxy groups -OCH3 is 2. The van der Waals surface area contributed by atoms with Crippen LogP contribution in [0.2, 0.25) is 0 Å². The van der Waals surface area contributed by atoms with Gasteiger partial charge in [-0.2, -0.15) is 0 Å². The molecule has 0 saturated carbocycles. The molecule has 0 aliphatic heterocycles. The van der Waals surface area contributed by atoms with Crippen molar-refractivity contribution in [1.82, 2.24) is 4.90 Å². The summed E-state index contributed by atoms with van der Waals surface area (Å²) in [6, 6.07) is 9.21. The zero-order chi connectivity index (χ0) is 16.7. The number of ether oxygens (including phenoxy) is 2. The average molecular weight is 419 g/mol. The van der Waals surface area contributed by atoms with E-state index in [1.54, 1.807) is 0 Å². The Hall–Kier alpha value is -1.84. The van der Waals surface area contributed by atoms with Crippen LogP contribution in [0.5, 0.6) is 0 Å². The van der Waals surface area contributed by atoms with Gasteiger partial charge in [0.25, 0.3) is 0 Å². The molecule has 1 aromatic rings. The Labute approximate surface area is 139 Å². The zero-order valence-corrected chi connectivity index (χ0v) is 15.1. The van der Waals surface area contributed by atoms with Crippen LogP contribution in [0, 0.1) is 0 Å². The van der Waals surface area contributed by atoms with Gasteiger partial charge in [-0.3, -0.25) is 0 Å². The van der Waals surface area contributed by atoms with Crippen LogP contribution < -0.4 is 3.61 Å². The first-order chi connectivity index (χ1) is 10.4. The van der Waals surface area contributed by atoms with Crippen LogP contribution in [-0.2, 0) is 23.9 Å². The molecule has 6 nitrogen and oxygen atoms in total. The fourth-order valence-corrected chi connectivity index (χ4v) is 4.26. The number of nitrogens with zero attached hydrogens (tertiary/aromatic N) is 1. The van der Waals surface area contributed by atoms with Crippen molar-refractivity contribution in [3.05, 3.63) is 39.5 Å². The van der Waals surface area contributed by atoms with Gasteiger partial charge >= 0.3 is 139 Å². The summed E-state index contributed by atoms with van der Waals surface area (Å²) >= 11 is -1.28. The number of hydrogen-bond donors (Lipinski definition) is 0. The van der Waals surface area contributed by atoms with Crippen LogP contribution >= 0.6 is 0 Å². The number of carbonyl (C=O) groups is 3. The first-order valence-electron chi connectivity index (χ1n) is 6.27. The van der Waals surface area contributed by atoms with Crippen LogP contribution in [0.15, 0.2) is 39.5 Å². The molecule has 7 heteroatoms. The van der Waals surface area contributed by atoms with Crippen molar-refractivity contribution in [1.29, 1.82) is 0 Å². The van der Waals surface area contributed by atoms with E-state index in [1.807, 2.05) is 30.3 Å². The van der Waals surface area contributed by atoms with Gasteiger partial charge in [0.2, 0.25) is 0 Å². The minimum absolute atomic E-state index is 0.102. The minimum atomic E-state index is -1.28. The van der Waals surface area contributed by atoms with Gasteiger partial charge in [-0.25, -0.2) is 0 Å². The SMILES string of the molecule is COC(=O)/C([Te]c1ccccc1)=C(\C(=O)OC)C(=O)N(C)C. The molecule has 22 heavy (non-hydrogen) atoms. The van der Waals surface area contributed by atoms with Gasteiger partial charge in [0.15, 0.2) is 0 Å². The van der Waals surface area contributed by atoms with Crippen LogP contribution in [0.3, 0.4) is 0 Å². The van der Waals surface area contributed by atoms with Gasteiger partial charge in [0.1, 0.15) is 0 Å². The number of benzene rings is 1. The van der Waals surface area contributed by atoms with Crippen molar-refractivity contribution < 1.29 is 23.9 Å². The van der Waals surface area contributed by atoms with Crippen molar-refractivity contribution >= 4 is 42.4 Å². The molecule has 0 aliphatic rings. The fraction of sp³-hybridized carbons (Fsp3) is 0.267. The predicted molar refractivity (Wildman–Crippen MR) is 81.6 cm³/mol. The van der Waals surface area contributed by atoms with E-state index in [0.717, 1.165) is 3.61 Å². The molecule has 0 fully saturated rings. The maximum absolute atomic E-state index is 12.3. The van der Waals surface area contributed by atoms with E-state index in [-0.39, 0.29) is 9.19 Å². The second kappa shape index (κ2) is 8.57. The number of esters is 2. The third-order valence-electron chi connectivity index (χ3n) is 2.57. The third kappa shape index (κ3) is 4.58. The van der Waals surface area contributed by atoms with Gasteiger partial charge in [-0.05, 0) is 0 Å². The molecule has 0 heterocycles. The summed E-state index contributed by atoms with van der Waals surface area (Å²) in [5, 5.41) is 0. The Morgan fingerprint density at radius 1 is 0.955 bits per heavy atom. The number of amides is 1. The third-order valence-corrected chi connectivity index (χ3v) is 5.66. The van der Waals surface area contributed by atoms with Crippen molar-refractivity contribution in [2.45, 2.75) is 0 Å². The van der Waals surface area contributed by atoms with Crippen LogP contribution in [0.4, 0.5) is 0 Å². The summed E-state index contributed by atoms with van der Waals surface area (Å²) in [6.45, 7) is 0. The number of hydrogen-bond acceptors (Lipinski definition) is 5. The van der Waals surface area contributed by atoms with E-state index in [0.29, 0.717) is 0 Å². The summed E-state index contributed by atoms with van der Waals surface area (Å²) in [7, 11) is 5.39. The van der Waals surface area contributed by atoms with E-state index < -0.39 is 38.8 Å². The van der Waals surface area contributed by atoms with E-state index in [2.05, 4.69) is 4.74 Å². The van der Waals surface area contributed by atoms with Crippen molar-refractivity contribution in [3.8, 4) is 0 Å². The second-order valence-electron chi connectivity index (χ2n) is 4.30. The molecule has 0 aliphatic carbocycles. The van der Waals surface area contributed by atoms with E-state index in [9.17, 15) is 14.4 Å². The number of likely N-dealkylation sites (N-methyl/N-ethyl adjacent to an activating group) is 1. The molecule has 0 atom stereocenters. The molecule has 0 aromatic heterocycles. The van der Waals surface area contributed by atoms with Gasteiger partial charge in [0.05, 0.1) is 0 Å². The molecule has 1 amide bonds. The first kappa shape index (κ1) is 18.2. The standard InChI is InChI=1S/C15H17NO5Te/c1-16(2)13(17)11(14(18)20-3)12(15(19)21-4)22-10-8-6-5-7-9-10/h5-9H,1-4H3/b12-11+. The molecular weight excluding hydrogens is 402 g/mol. The second-order valence-corrected chi connectivity index (χ2v) is 7.40. The predicted octanol–water partition coefficient (Wildman–Crippen LogP) is -0.296.